The van der Waals surface area contributed by atoms with Crippen LogP contribution >= 0.6 is 0 Å². The zero-order valence-electron chi connectivity index (χ0n) is 14.2. The molecule has 0 aliphatic rings. The molecular weight excluding hydrogens is 314 g/mol. The van der Waals surface area contributed by atoms with E-state index >= 15 is 0 Å². The maximum absolute atomic E-state index is 9.04. The third kappa shape index (κ3) is 2.03. The summed E-state index contributed by atoms with van der Waals surface area (Å²) < 4.78 is 0. The van der Waals surface area contributed by atoms with Crippen molar-refractivity contribution in [1.29, 1.82) is 5.26 Å². The molecule has 0 atom stereocenters. The number of hydrogen-bond donors (Lipinski definition) is 0. The molecule has 0 aliphatic heterocycles. The summed E-state index contributed by atoms with van der Waals surface area (Å²) >= 11 is 0. The Kier molecular flexibility index (Phi) is 3.07. The summed E-state index contributed by atoms with van der Waals surface area (Å²) in [6.45, 7) is 3.80. The Bertz CT molecular complexity index is 1330. The van der Waals surface area contributed by atoms with E-state index in [1.54, 1.807) is 0 Å². The Balaban J connectivity index is 1.85. The van der Waals surface area contributed by atoms with E-state index in [1.165, 1.54) is 37.9 Å². The fourth-order valence-corrected chi connectivity index (χ4v) is 3.92. The molecule has 1 nitrogen and oxygen atoms in total. The van der Waals surface area contributed by atoms with Crippen LogP contribution in [0.25, 0.3) is 49.0 Å². The predicted octanol–water partition coefficient (Wildman–Crippen LogP) is 6.79. The van der Waals surface area contributed by atoms with Crippen molar-refractivity contribution in [3.8, 4) is 17.2 Å². The zero-order valence-corrected chi connectivity index (χ0v) is 14.2. The van der Waals surface area contributed by atoms with Crippen LogP contribution in [0.2, 0.25) is 0 Å². The lowest BCUT2D eigenvalue weighted by Gasteiger charge is -2.15. The summed E-state index contributed by atoms with van der Waals surface area (Å²) in [5.41, 5.74) is 3.73. The second kappa shape index (κ2) is 5.44. The highest BCUT2D eigenvalue weighted by Crippen LogP contribution is 2.40. The summed E-state index contributed by atoms with van der Waals surface area (Å²) in [6, 6.07) is 29.9. The van der Waals surface area contributed by atoms with Crippen molar-refractivity contribution in [1.82, 2.24) is 0 Å². The Hall–Kier alpha value is -3.63. The number of allylic oxidation sites excluding steroid dienone is 1. The molecule has 0 bridgehead atoms. The summed E-state index contributed by atoms with van der Waals surface area (Å²) in [7, 11) is 0. The molecule has 26 heavy (non-hydrogen) atoms. The minimum absolute atomic E-state index is 0.492. The van der Waals surface area contributed by atoms with Crippen molar-refractivity contribution in [2.24, 2.45) is 0 Å². The molecule has 120 valence electrons. The molecular formula is C25H15N. The van der Waals surface area contributed by atoms with Crippen LogP contribution in [0.3, 0.4) is 0 Å². The third-order valence-corrected chi connectivity index (χ3v) is 5.19. The van der Waals surface area contributed by atoms with E-state index < -0.39 is 0 Å². The van der Waals surface area contributed by atoms with Crippen LogP contribution in [0.15, 0.2) is 85.4 Å². The van der Waals surface area contributed by atoms with E-state index in [4.69, 9.17) is 5.26 Å². The number of hydrogen-bond acceptors (Lipinski definition) is 1. The van der Waals surface area contributed by atoms with Crippen molar-refractivity contribution in [2.45, 2.75) is 0 Å². The van der Waals surface area contributed by atoms with Gasteiger partial charge < -0.3 is 0 Å². The molecule has 0 aliphatic carbocycles. The predicted molar refractivity (Wildman–Crippen MR) is 110 cm³/mol. The molecule has 5 aromatic rings. The molecule has 0 heterocycles. The monoisotopic (exact) mass is 329 g/mol. The van der Waals surface area contributed by atoms with Gasteiger partial charge in [-0.25, -0.2) is 0 Å². The summed E-state index contributed by atoms with van der Waals surface area (Å²) in [5.74, 6) is 0. The first-order valence-corrected chi connectivity index (χ1v) is 8.62. The molecule has 1 heteroatoms. The van der Waals surface area contributed by atoms with Gasteiger partial charge in [0.15, 0.2) is 0 Å². The van der Waals surface area contributed by atoms with Gasteiger partial charge in [0.25, 0.3) is 0 Å². The maximum Gasteiger partial charge on any atom is 0.0991 e. The second-order valence-corrected chi connectivity index (χ2v) is 6.64. The summed E-state index contributed by atoms with van der Waals surface area (Å²) in [6.07, 6.45) is 0. The molecule has 0 aromatic heterocycles. The Morgan fingerprint density at radius 2 is 1.38 bits per heavy atom. The van der Waals surface area contributed by atoms with Gasteiger partial charge >= 0.3 is 0 Å². The van der Waals surface area contributed by atoms with E-state index in [9.17, 15) is 0 Å². The Labute approximate surface area is 151 Å². The fraction of sp³-hybridized carbons (Fsp3) is 0. The van der Waals surface area contributed by atoms with Gasteiger partial charge in [0, 0.05) is 0 Å². The van der Waals surface area contributed by atoms with Crippen LogP contribution in [-0.4, -0.2) is 0 Å². The number of benzene rings is 5. The highest BCUT2D eigenvalue weighted by atomic mass is 14.2. The van der Waals surface area contributed by atoms with Gasteiger partial charge in [0.05, 0.1) is 11.6 Å². The zero-order chi connectivity index (χ0) is 17.7. The quantitative estimate of drug-likeness (QED) is 0.258. The van der Waals surface area contributed by atoms with Crippen molar-refractivity contribution in [3.63, 3.8) is 0 Å². The van der Waals surface area contributed by atoms with Crippen molar-refractivity contribution in [3.05, 3.63) is 91.0 Å². The van der Waals surface area contributed by atoms with E-state index in [2.05, 4.69) is 79.4 Å². The fourth-order valence-electron chi connectivity index (χ4n) is 3.92. The average Bonchev–Trinajstić information content (AvgIpc) is 2.71. The molecule has 0 saturated carbocycles. The van der Waals surface area contributed by atoms with Crippen molar-refractivity contribution >= 4 is 37.9 Å². The summed E-state index contributed by atoms with van der Waals surface area (Å²) in [5, 5.41) is 16.8. The molecule has 0 N–H and O–H groups in total. The summed E-state index contributed by atoms with van der Waals surface area (Å²) in [4.78, 5) is 0. The number of rotatable bonds is 2. The molecule has 0 amide bonds. The van der Waals surface area contributed by atoms with Crippen LogP contribution in [0.4, 0.5) is 0 Å². The first kappa shape index (κ1) is 14.7. The van der Waals surface area contributed by atoms with Crippen LogP contribution < -0.4 is 0 Å². The smallest absolute Gasteiger partial charge is 0.0991 e. The third-order valence-electron chi connectivity index (χ3n) is 5.19. The van der Waals surface area contributed by atoms with Gasteiger partial charge in [-0.1, -0.05) is 79.4 Å². The highest BCUT2D eigenvalue weighted by molar-refractivity contribution is 6.26. The first-order chi connectivity index (χ1) is 12.8. The van der Waals surface area contributed by atoms with Gasteiger partial charge in [-0.3, -0.25) is 0 Å². The molecule has 0 fully saturated rings. The van der Waals surface area contributed by atoms with Gasteiger partial charge in [-0.2, -0.15) is 5.26 Å². The van der Waals surface area contributed by atoms with E-state index in [-0.39, 0.29) is 0 Å². The van der Waals surface area contributed by atoms with Gasteiger partial charge in [-0.15, -0.1) is 0 Å². The molecule has 0 saturated heterocycles. The standard InChI is InChI=1S/C25H15N/c1-16(15-26)17-8-10-18(11-9-17)23-14-21-6-2-4-19-12-13-20-5-3-7-22(23)25(20)24(19)21/h2-14H,1H2. The lowest BCUT2D eigenvalue weighted by atomic mass is 9.89. The van der Waals surface area contributed by atoms with Crippen molar-refractivity contribution < 1.29 is 0 Å². The van der Waals surface area contributed by atoms with Gasteiger partial charge in [0.2, 0.25) is 0 Å². The lowest BCUT2D eigenvalue weighted by molar-refractivity contribution is 1.52. The maximum atomic E-state index is 9.04. The molecule has 5 rings (SSSR count). The molecule has 0 unspecified atom stereocenters. The number of nitrogens with zero attached hydrogens (tertiary/aromatic N) is 1. The van der Waals surface area contributed by atoms with Crippen LogP contribution in [0.5, 0.6) is 0 Å². The van der Waals surface area contributed by atoms with Crippen molar-refractivity contribution in [2.75, 3.05) is 0 Å². The lowest BCUT2D eigenvalue weighted by Crippen LogP contribution is -1.88. The van der Waals surface area contributed by atoms with E-state index in [0.717, 1.165) is 11.1 Å². The molecule has 5 aromatic carbocycles. The molecule has 0 spiro atoms. The van der Waals surface area contributed by atoms with Crippen LogP contribution in [0, 0.1) is 11.3 Å². The highest BCUT2D eigenvalue weighted by Gasteiger charge is 2.12. The van der Waals surface area contributed by atoms with Gasteiger partial charge in [0.1, 0.15) is 0 Å². The average molecular weight is 329 g/mol. The Morgan fingerprint density at radius 3 is 2.12 bits per heavy atom. The minimum atomic E-state index is 0.492. The minimum Gasteiger partial charge on any atom is -0.192 e. The largest absolute Gasteiger partial charge is 0.192 e. The van der Waals surface area contributed by atoms with Crippen LogP contribution in [0.1, 0.15) is 5.56 Å². The van der Waals surface area contributed by atoms with E-state index in [1.807, 2.05) is 12.1 Å². The normalized spacial score (nSPS) is 11.2. The SMILES string of the molecule is C=C(C#N)c1ccc(-c2cc3cccc4ccc5cccc2c5c43)cc1. The van der Waals surface area contributed by atoms with Crippen LogP contribution in [-0.2, 0) is 0 Å². The number of nitriles is 1. The Morgan fingerprint density at radius 1 is 0.731 bits per heavy atom. The molecule has 0 radical (unpaired) electrons. The van der Waals surface area contributed by atoms with Gasteiger partial charge in [-0.05, 0) is 55.1 Å². The van der Waals surface area contributed by atoms with E-state index in [0.29, 0.717) is 5.57 Å². The second-order valence-electron chi connectivity index (χ2n) is 6.64. The first-order valence-electron chi connectivity index (χ1n) is 8.62. The topological polar surface area (TPSA) is 23.8 Å².